The van der Waals surface area contributed by atoms with E-state index in [-0.39, 0.29) is 17.2 Å². The van der Waals surface area contributed by atoms with Crippen LogP contribution in [0, 0.1) is 6.92 Å². The van der Waals surface area contributed by atoms with E-state index in [1.54, 1.807) is 13.0 Å². The molecule has 2 aromatic rings. The molecule has 0 bridgehead atoms. The van der Waals surface area contributed by atoms with Crippen LogP contribution in [0.2, 0.25) is 0 Å². The van der Waals surface area contributed by atoms with Gasteiger partial charge in [-0.2, -0.15) is 0 Å². The van der Waals surface area contributed by atoms with E-state index in [1.165, 1.54) is 26.2 Å². The lowest BCUT2D eigenvalue weighted by Crippen LogP contribution is -2.24. The molecule has 0 unspecified atom stereocenters. The number of sulfonamides is 1. The van der Waals surface area contributed by atoms with Gasteiger partial charge in [-0.15, -0.1) is 0 Å². The largest absolute Gasteiger partial charge is 0.456 e. The van der Waals surface area contributed by atoms with Crippen molar-refractivity contribution in [1.29, 1.82) is 0 Å². The minimum Gasteiger partial charge on any atom is -0.456 e. The highest BCUT2D eigenvalue weighted by molar-refractivity contribution is 7.89. The first kappa shape index (κ1) is 22.6. The van der Waals surface area contributed by atoms with E-state index in [9.17, 15) is 18.0 Å². The fourth-order valence-corrected chi connectivity index (χ4v) is 3.58. The van der Waals surface area contributed by atoms with Crippen molar-refractivity contribution < 1.29 is 22.7 Å². The first-order valence-electron chi connectivity index (χ1n) is 9.15. The molecule has 0 saturated heterocycles. The molecule has 0 aliphatic heterocycles. The molecule has 7 nitrogen and oxygen atoms in total. The van der Waals surface area contributed by atoms with Gasteiger partial charge in [0.05, 0.1) is 11.3 Å². The first-order chi connectivity index (χ1) is 13.6. The zero-order valence-electron chi connectivity index (χ0n) is 17.0. The van der Waals surface area contributed by atoms with E-state index >= 15 is 0 Å². The molecule has 1 atom stereocenters. The van der Waals surface area contributed by atoms with Gasteiger partial charge in [0.25, 0.3) is 5.91 Å². The molecule has 0 heterocycles. The van der Waals surface area contributed by atoms with Crippen molar-refractivity contribution in [3.8, 4) is 0 Å². The second-order valence-corrected chi connectivity index (χ2v) is 9.14. The number of ether oxygens (including phenoxy) is 1. The number of carbonyl (C=O) groups excluding carboxylic acids is 2. The normalized spacial score (nSPS) is 12.4. The Morgan fingerprint density at radius 3 is 2.38 bits per heavy atom. The Labute approximate surface area is 171 Å². The van der Waals surface area contributed by atoms with Crippen molar-refractivity contribution in [1.82, 2.24) is 4.31 Å². The number of rotatable bonds is 8. The third-order valence-electron chi connectivity index (χ3n) is 4.47. The van der Waals surface area contributed by atoms with E-state index in [4.69, 9.17) is 4.74 Å². The predicted molar refractivity (Wildman–Crippen MR) is 111 cm³/mol. The molecular formula is C21H26N2O5S. The number of hydrogen-bond donors (Lipinski definition) is 1. The number of esters is 1. The van der Waals surface area contributed by atoms with Crippen molar-refractivity contribution in [3.63, 3.8) is 0 Å². The third-order valence-corrected chi connectivity index (χ3v) is 6.28. The number of aryl methyl sites for hydroxylation is 1. The van der Waals surface area contributed by atoms with Crippen LogP contribution in [0.3, 0.4) is 0 Å². The summed E-state index contributed by atoms with van der Waals surface area (Å²) in [7, 11) is -0.753. The molecule has 0 aromatic heterocycles. The highest BCUT2D eigenvalue weighted by atomic mass is 32.2. The maximum atomic E-state index is 12.3. The van der Waals surface area contributed by atoms with E-state index in [2.05, 4.69) is 5.32 Å². The van der Waals surface area contributed by atoms with Crippen LogP contribution >= 0.6 is 0 Å². The summed E-state index contributed by atoms with van der Waals surface area (Å²) in [5.41, 5.74) is 2.06. The average Bonchev–Trinajstić information content (AvgIpc) is 2.68. The second-order valence-electron chi connectivity index (χ2n) is 6.99. The highest BCUT2D eigenvalue weighted by Crippen LogP contribution is 2.22. The van der Waals surface area contributed by atoms with E-state index in [1.807, 2.05) is 37.3 Å². The highest BCUT2D eigenvalue weighted by Gasteiger charge is 2.19. The molecule has 0 aliphatic rings. The fraction of sp³-hybridized carbons (Fsp3) is 0.333. The number of amides is 1. The monoisotopic (exact) mass is 418 g/mol. The number of hydrogen-bond acceptors (Lipinski definition) is 5. The smallest absolute Gasteiger partial charge is 0.306 e. The summed E-state index contributed by atoms with van der Waals surface area (Å²) in [6, 6.07) is 14.0. The van der Waals surface area contributed by atoms with Gasteiger partial charge < -0.3 is 10.1 Å². The fourth-order valence-electron chi connectivity index (χ4n) is 2.65. The molecule has 0 fully saturated rings. The van der Waals surface area contributed by atoms with Gasteiger partial charge in [-0.3, -0.25) is 9.59 Å². The second kappa shape index (κ2) is 9.67. The maximum Gasteiger partial charge on any atom is 0.306 e. The maximum absolute atomic E-state index is 12.3. The van der Waals surface area contributed by atoms with Crippen LogP contribution in [0.15, 0.2) is 53.4 Å². The number of anilines is 1. The molecule has 0 aliphatic carbocycles. The van der Waals surface area contributed by atoms with Gasteiger partial charge in [0, 0.05) is 19.8 Å². The van der Waals surface area contributed by atoms with Crippen molar-refractivity contribution >= 4 is 27.6 Å². The Morgan fingerprint density at radius 2 is 1.76 bits per heavy atom. The molecule has 1 N–H and O–H groups in total. The summed E-state index contributed by atoms with van der Waals surface area (Å²) < 4.78 is 30.7. The van der Waals surface area contributed by atoms with Crippen LogP contribution in [-0.2, 0) is 24.3 Å². The van der Waals surface area contributed by atoms with Gasteiger partial charge in [-0.25, -0.2) is 12.7 Å². The summed E-state index contributed by atoms with van der Waals surface area (Å²) in [5.74, 6) is -1.03. The minimum atomic E-state index is -3.62. The minimum absolute atomic E-state index is 0.0260. The molecular weight excluding hydrogens is 392 g/mol. The average molecular weight is 419 g/mol. The van der Waals surface area contributed by atoms with Gasteiger partial charge in [-0.05, 0) is 36.1 Å². The molecule has 8 heteroatoms. The van der Waals surface area contributed by atoms with Crippen LogP contribution in [0.1, 0.15) is 30.4 Å². The predicted octanol–water partition coefficient (Wildman–Crippen LogP) is 2.92. The van der Waals surface area contributed by atoms with Crippen molar-refractivity contribution in [2.75, 3.05) is 26.0 Å². The third kappa shape index (κ3) is 6.13. The summed E-state index contributed by atoms with van der Waals surface area (Å²) in [6.45, 7) is 3.22. The summed E-state index contributed by atoms with van der Waals surface area (Å²) in [4.78, 5) is 24.3. The molecule has 0 radical (unpaired) electrons. The lowest BCUT2D eigenvalue weighted by Gasteiger charge is -2.15. The molecule has 0 saturated carbocycles. The Hall–Kier alpha value is -2.71. The lowest BCUT2D eigenvalue weighted by molar-refractivity contribution is -0.147. The molecule has 29 heavy (non-hydrogen) atoms. The van der Waals surface area contributed by atoms with Crippen molar-refractivity contribution in [2.45, 2.75) is 31.1 Å². The molecule has 2 rings (SSSR count). The Bertz CT molecular complexity index is 972. The zero-order valence-corrected chi connectivity index (χ0v) is 17.8. The van der Waals surface area contributed by atoms with Gasteiger partial charge in [0.2, 0.25) is 10.0 Å². The van der Waals surface area contributed by atoms with Crippen LogP contribution in [0.4, 0.5) is 5.69 Å². The Morgan fingerprint density at radius 1 is 1.10 bits per heavy atom. The quantitative estimate of drug-likeness (QED) is 0.666. The summed E-state index contributed by atoms with van der Waals surface area (Å²) >= 11 is 0. The Balaban J connectivity index is 1.95. The SMILES string of the molecule is Cc1ccc(S(=O)(=O)N(C)C)cc1NC(=O)COC(=O)C[C@@H](C)c1ccccc1. The van der Waals surface area contributed by atoms with E-state index in [0.29, 0.717) is 11.3 Å². The molecule has 2 aromatic carbocycles. The van der Waals surface area contributed by atoms with Gasteiger partial charge in [0.1, 0.15) is 0 Å². The van der Waals surface area contributed by atoms with Gasteiger partial charge >= 0.3 is 5.97 Å². The summed E-state index contributed by atoms with van der Waals surface area (Å²) in [5, 5.41) is 2.60. The standard InChI is InChI=1S/C21H26N2O5S/c1-15-10-11-18(29(26,27)23(3)4)13-19(15)22-20(24)14-28-21(25)12-16(2)17-8-6-5-7-9-17/h5-11,13,16H,12,14H2,1-4H3,(H,22,24)/t16-/m1/s1. The lowest BCUT2D eigenvalue weighted by atomic mass is 9.98. The van der Waals surface area contributed by atoms with Crippen molar-refractivity contribution in [3.05, 3.63) is 59.7 Å². The van der Waals surface area contributed by atoms with Crippen LogP contribution in [-0.4, -0.2) is 45.3 Å². The van der Waals surface area contributed by atoms with Crippen LogP contribution in [0.25, 0.3) is 0 Å². The number of carbonyl (C=O) groups is 2. The van der Waals surface area contributed by atoms with Gasteiger partial charge in [-0.1, -0.05) is 43.3 Å². The molecule has 1 amide bonds. The summed E-state index contributed by atoms with van der Waals surface area (Å²) in [6.07, 6.45) is 0.160. The topological polar surface area (TPSA) is 92.8 Å². The zero-order chi connectivity index (χ0) is 21.6. The molecule has 0 spiro atoms. The number of nitrogens with zero attached hydrogens (tertiary/aromatic N) is 1. The van der Waals surface area contributed by atoms with Crippen LogP contribution < -0.4 is 5.32 Å². The number of benzene rings is 2. The Kier molecular flexibility index (Phi) is 7.53. The molecule has 156 valence electrons. The van der Waals surface area contributed by atoms with E-state index < -0.39 is 28.5 Å². The van der Waals surface area contributed by atoms with Gasteiger partial charge in [0.15, 0.2) is 6.61 Å². The van der Waals surface area contributed by atoms with Crippen LogP contribution in [0.5, 0.6) is 0 Å². The number of nitrogens with one attached hydrogen (secondary N) is 1. The van der Waals surface area contributed by atoms with Crippen molar-refractivity contribution in [2.24, 2.45) is 0 Å². The van der Waals surface area contributed by atoms with E-state index in [0.717, 1.165) is 9.87 Å². The first-order valence-corrected chi connectivity index (χ1v) is 10.6.